The third-order valence-corrected chi connectivity index (χ3v) is 4.09. The second-order valence-electron chi connectivity index (χ2n) is 4.36. The number of benzene rings is 1. The van der Waals surface area contributed by atoms with Crippen molar-refractivity contribution in [2.45, 2.75) is 24.3 Å². The largest absolute Gasteiger partial charge is 0.466 e. The molecule has 1 aromatic rings. The summed E-state index contributed by atoms with van der Waals surface area (Å²) >= 11 is 0. The van der Waals surface area contributed by atoms with Crippen molar-refractivity contribution in [2.75, 3.05) is 13.2 Å². The molecule has 0 fully saturated rings. The minimum absolute atomic E-state index is 0.0407. The Kier molecular flexibility index (Phi) is 6.40. The molecule has 1 aromatic carbocycles. The van der Waals surface area contributed by atoms with Gasteiger partial charge in [0.05, 0.1) is 17.6 Å². The molecule has 0 aromatic heterocycles. The van der Waals surface area contributed by atoms with E-state index in [0.29, 0.717) is 0 Å². The van der Waals surface area contributed by atoms with Crippen LogP contribution in [0.4, 0.5) is 5.69 Å². The summed E-state index contributed by atoms with van der Waals surface area (Å²) in [7, 11) is -4.13. The van der Waals surface area contributed by atoms with Crippen LogP contribution in [0.5, 0.6) is 0 Å². The van der Waals surface area contributed by atoms with Crippen LogP contribution in [0.25, 0.3) is 0 Å². The lowest BCUT2D eigenvalue weighted by Gasteiger charge is -2.12. The number of hydrogen-bond donors (Lipinski definition) is 2. The van der Waals surface area contributed by atoms with Crippen LogP contribution >= 0.6 is 0 Å². The van der Waals surface area contributed by atoms with Crippen LogP contribution in [-0.2, 0) is 19.6 Å². The topological polar surface area (TPSA) is 136 Å². The Balaban J connectivity index is 2.69. The van der Waals surface area contributed by atoms with Gasteiger partial charge in [-0.25, -0.2) is 13.1 Å². The lowest BCUT2D eigenvalue weighted by Crippen LogP contribution is -2.33. The van der Waals surface area contributed by atoms with Crippen LogP contribution in [-0.4, -0.2) is 43.7 Å². The molecule has 10 heteroatoms. The number of sulfonamides is 1. The first-order valence-corrected chi connectivity index (χ1v) is 7.77. The van der Waals surface area contributed by atoms with Gasteiger partial charge in [-0.1, -0.05) is 12.1 Å². The van der Waals surface area contributed by atoms with Crippen molar-refractivity contribution in [1.29, 1.82) is 0 Å². The van der Waals surface area contributed by atoms with E-state index in [-0.39, 0.29) is 19.6 Å². The fourth-order valence-electron chi connectivity index (χ4n) is 1.56. The molecular weight excluding hydrogens is 316 g/mol. The Bertz CT molecular complexity index is 645. The second-order valence-corrected chi connectivity index (χ2v) is 6.09. The lowest BCUT2D eigenvalue weighted by molar-refractivity contribution is -0.387. The molecule has 0 aliphatic heterocycles. The second kappa shape index (κ2) is 7.82. The number of ether oxygens (including phenoxy) is 1. The molecule has 0 unspecified atom stereocenters. The Morgan fingerprint density at radius 3 is 2.68 bits per heavy atom. The Morgan fingerprint density at radius 2 is 2.09 bits per heavy atom. The lowest BCUT2D eigenvalue weighted by atomic mass is 10.3. The average molecular weight is 332 g/mol. The van der Waals surface area contributed by atoms with Crippen molar-refractivity contribution < 1.29 is 28.0 Å². The van der Waals surface area contributed by atoms with E-state index in [9.17, 15) is 28.4 Å². The zero-order valence-corrected chi connectivity index (χ0v) is 12.6. The quantitative estimate of drug-likeness (QED) is 0.394. The summed E-state index contributed by atoms with van der Waals surface area (Å²) in [4.78, 5) is 20.1. The summed E-state index contributed by atoms with van der Waals surface area (Å²) in [5.41, 5.74) is -0.551. The van der Waals surface area contributed by atoms with Gasteiger partial charge in [-0.15, -0.1) is 0 Å². The number of nitrogens with zero attached hydrogens (tertiary/aromatic N) is 1. The predicted octanol–water partition coefficient (Wildman–Crippen LogP) is 0.187. The molecule has 0 saturated carbocycles. The van der Waals surface area contributed by atoms with Gasteiger partial charge in [-0.3, -0.25) is 14.9 Å². The molecular formula is C12H16N2O7S. The van der Waals surface area contributed by atoms with Gasteiger partial charge in [0.2, 0.25) is 10.0 Å². The van der Waals surface area contributed by atoms with E-state index in [4.69, 9.17) is 0 Å². The van der Waals surface area contributed by atoms with Crippen molar-refractivity contribution in [2.24, 2.45) is 0 Å². The Labute approximate surface area is 127 Å². The van der Waals surface area contributed by atoms with Crippen LogP contribution in [0.15, 0.2) is 29.2 Å². The zero-order valence-electron chi connectivity index (χ0n) is 11.8. The maximum atomic E-state index is 12.0. The van der Waals surface area contributed by atoms with Gasteiger partial charge >= 0.3 is 5.97 Å². The minimum atomic E-state index is -4.13. The van der Waals surface area contributed by atoms with Crippen LogP contribution < -0.4 is 4.72 Å². The molecule has 0 spiro atoms. The van der Waals surface area contributed by atoms with E-state index in [1.165, 1.54) is 19.1 Å². The number of nitrogens with one attached hydrogen (secondary N) is 1. The van der Waals surface area contributed by atoms with Crippen LogP contribution in [0, 0.1) is 10.1 Å². The highest BCUT2D eigenvalue weighted by Gasteiger charge is 2.25. The summed E-state index contributed by atoms with van der Waals surface area (Å²) < 4.78 is 30.8. The number of esters is 1. The van der Waals surface area contributed by atoms with E-state index in [0.717, 1.165) is 12.1 Å². The summed E-state index contributed by atoms with van der Waals surface area (Å²) in [6.45, 7) is 0.809. The van der Waals surface area contributed by atoms with Crippen molar-refractivity contribution in [3.05, 3.63) is 34.4 Å². The highest BCUT2D eigenvalue weighted by atomic mass is 32.2. The number of aliphatic hydroxyl groups excluding tert-OH is 1. The highest BCUT2D eigenvalue weighted by Crippen LogP contribution is 2.22. The van der Waals surface area contributed by atoms with Crippen LogP contribution in [0.1, 0.15) is 13.3 Å². The molecule has 0 aliphatic carbocycles. The normalized spacial score (nSPS) is 12.6. The number of rotatable bonds is 8. The molecule has 0 saturated heterocycles. The molecule has 9 nitrogen and oxygen atoms in total. The molecule has 22 heavy (non-hydrogen) atoms. The average Bonchev–Trinajstić information content (AvgIpc) is 2.45. The van der Waals surface area contributed by atoms with E-state index in [2.05, 4.69) is 9.46 Å². The number of para-hydroxylation sites is 1. The monoisotopic (exact) mass is 332 g/mol. The molecule has 0 aliphatic rings. The van der Waals surface area contributed by atoms with Crippen molar-refractivity contribution in [3.63, 3.8) is 0 Å². The van der Waals surface area contributed by atoms with Gasteiger partial charge in [-0.05, 0) is 6.07 Å². The van der Waals surface area contributed by atoms with Crippen LogP contribution in [0.3, 0.4) is 0 Å². The molecule has 0 radical (unpaired) electrons. The summed E-state index contributed by atoms with van der Waals surface area (Å²) in [6.07, 6.45) is -1.05. The number of hydrogen-bond acceptors (Lipinski definition) is 7. The molecule has 2 N–H and O–H groups in total. The predicted molar refractivity (Wildman–Crippen MR) is 75.5 cm³/mol. The number of carbonyl (C=O) groups is 1. The van der Waals surface area contributed by atoms with E-state index in [1.54, 1.807) is 0 Å². The van der Waals surface area contributed by atoms with Gasteiger partial charge in [0.1, 0.15) is 0 Å². The fourth-order valence-corrected chi connectivity index (χ4v) is 2.80. The number of carbonyl (C=O) groups excluding carboxylic acids is 1. The third-order valence-electron chi connectivity index (χ3n) is 2.62. The first-order valence-electron chi connectivity index (χ1n) is 6.28. The molecule has 122 valence electrons. The number of aliphatic hydroxyl groups is 1. The Hall–Kier alpha value is -2.04. The van der Waals surface area contributed by atoms with Gasteiger partial charge in [-0.2, -0.15) is 0 Å². The Morgan fingerprint density at radius 1 is 1.45 bits per heavy atom. The smallest absolute Gasteiger partial charge is 0.302 e. The summed E-state index contributed by atoms with van der Waals surface area (Å²) in [6, 6.07) is 4.89. The van der Waals surface area contributed by atoms with Gasteiger partial charge in [0.25, 0.3) is 5.69 Å². The molecule has 1 atom stereocenters. The molecule has 0 heterocycles. The number of nitro benzene ring substituents is 1. The van der Waals surface area contributed by atoms with Gasteiger partial charge in [0, 0.05) is 26.0 Å². The summed E-state index contributed by atoms with van der Waals surface area (Å²) in [5, 5.41) is 20.4. The SMILES string of the molecule is CC(=O)OCC[C@H](O)CNS(=O)(=O)c1ccccc1[N+](=O)[O-]. The summed E-state index contributed by atoms with van der Waals surface area (Å²) in [5.74, 6) is -0.507. The minimum Gasteiger partial charge on any atom is -0.466 e. The first-order chi connectivity index (χ1) is 10.2. The maximum absolute atomic E-state index is 12.0. The molecule has 1 rings (SSSR count). The van der Waals surface area contributed by atoms with Crippen molar-refractivity contribution >= 4 is 21.7 Å². The van der Waals surface area contributed by atoms with Crippen LogP contribution in [0.2, 0.25) is 0 Å². The van der Waals surface area contributed by atoms with E-state index >= 15 is 0 Å². The van der Waals surface area contributed by atoms with E-state index in [1.807, 2.05) is 0 Å². The van der Waals surface area contributed by atoms with E-state index < -0.39 is 37.6 Å². The van der Waals surface area contributed by atoms with Crippen molar-refractivity contribution in [3.8, 4) is 0 Å². The molecule has 0 bridgehead atoms. The fraction of sp³-hybridized carbons (Fsp3) is 0.417. The van der Waals surface area contributed by atoms with Crippen molar-refractivity contribution in [1.82, 2.24) is 4.72 Å². The van der Waals surface area contributed by atoms with Gasteiger partial charge < -0.3 is 9.84 Å². The standard InChI is InChI=1S/C12H16N2O7S/c1-9(15)21-7-6-10(16)8-13-22(19,20)12-5-3-2-4-11(12)14(17)18/h2-5,10,13,16H,6-8H2,1H3/t10-/m0/s1. The zero-order chi connectivity index (χ0) is 16.8. The maximum Gasteiger partial charge on any atom is 0.302 e. The highest BCUT2D eigenvalue weighted by molar-refractivity contribution is 7.89. The van der Waals surface area contributed by atoms with Gasteiger partial charge in [0.15, 0.2) is 4.90 Å². The first kappa shape index (κ1) is 18.0. The molecule has 0 amide bonds. The number of nitro groups is 1. The third kappa shape index (κ3) is 5.39.